The van der Waals surface area contributed by atoms with E-state index in [4.69, 9.17) is 5.73 Å². The summed E-state index contributed by atoms with van der Waals surface area (Å²) in [6, 6.07) is -0.584. The van der Waals surface area contributed by atoms with Gasteiger partial charge in [0.05, 0.1) is 17.9 Å². The van der Waals surface area contributed by atoms with Crippen LogP contribution in [0.5, 0.6) is 0 Å². The maximum Gasteiger partial charge on any atom is 0.236 e. The lowest BCUT2D eigenvalue weighted by molar-refractivity contribution is -0.141. The molecule has 6 nitrogen and oxygen atoms in total. The minimum absolute atomic E-state index is 0. The van der Waals surface area contributed by atoms with Crippen LogP contribution in [0.2, 0.25) is 0 Å². The van der Waals surface area contributed by atoms with E-state index in [-0.39, 0.29) is 66.9 Å². The quantitative estimate of drug-likeness (QED) is 0.549. The third-order valence-electron chi connectivity index (χ3n) is 4.61. The molecule has 1 saturated heterocycles. The highest BCUT2D eigenvalue weighted by Gasteiger charge is 2.58. The van der Waals surface area contributed by atoms with Gasteiger partial charge in [-0.15, -0.1) is 12.4 Å². The second kappa shape index (κ2) is 5.77. The van der Waals surface area contributed by atoms with Gasteiger partial charge in [0.1, 0.15) is 0 Å². The number of nitrogens with two attached hydrogens (primary N) is 1. The molecular weight excluding hydrogens is 294 g/mol. The lowest BCUT2D eigenvalue weighted by atomic mass is 9.85. The van der Waals surface area contributed by atoms with E-state index in [1.54, 1.807) is 6.92 Å². The van der Waals surface area contributed by atoms with E-state index in [9.17, 15) is 14.4 Å². The van der Waals surface area contributed by atoms with Crippen LogP contribution >= 0.6 is 12.4 Å². The van der Waals surface area contributed by atoms with Crippen LogP contribution in [0.3, 0.4) is 0 Å². The molecule has 116 valence electrons. The van der Waals surface area contributed by atoms with Crippen LogP contribution in [0.15, 0.2) is 12.2 Å². The molecular formula is C14H20ClN3O3. The first kappa shape index (κ1) is 16.0. The van der Waals surface area contributed by atoms with Crippen LogP contribution in [-0.4, -0.2) is 41.8 Å². The molecule has 5 atom stereocenters. The lowest BCUT2D eigenvalue weighted by Gasteiger charge is -2.17. The van der Waals surface area contributed by atoms with Crippen molar-refractivity contribution < 1.29 is 14.4 Å². The molecule has 0 spiro atoms. The number of likely N-dealkylation sites (tertiary alicyclic amines) is 1. The number of allylic oxidation sites excluding steroid dienone is 2. The highest BCUT2D eigenvalue weighted by Crippen LogP contribution is 2.52. The van der Waals surface area contributed by atoms with Gasteiger partial charge in [0.25, 0.3) is 0 Å². The molecule has 3 aliphatic rings. The Balaban J connectivity index is 0.00000161. The average Bonchev–Trinajstić information content (AvgIpc) is 3.07. The van der Waals surface area contributed by atoms with Crippen LogP contribution in [0.1, 0.15) is 13.3 Å². The first-order valence-corrected chi connectivity index (χ1v) is 7.07. The molecule has 0 aromatic rings. The van der Waals surface area contributed by atoms with Gasteiger partial charge in [0, 0.05) is 13.1 Å². The van der Waals surface area contributed by atoms with Crippen LogP contribution in [-0.2, 0) is 14.4 Å². The molecule has 1 heterocycles. The molecule has 4 unspecified atom stereocenters. The van der Waals surface area contributed by atoms with Crippen molar-refractivity contribution in [2.75, 3.05) is 13.1 Å². The van der Waals surface area contributed by atoms with E-state index in [0.717, 1.165) is 6.42 Å². The number of hydrogen-bond acceptors (Lipinski definition) is 4. The summed E-state index contributed by atoms with van der Waals surface area (Å²) in [5, 5.41) is 2.63. The van der Waals surface area contributed by atoms with Crippen molar-refractivity contribution in [1.29, 1.82) is 0 Å². The zero-order valence-corrected chi connectivity index (χ0v) is 12.6. The highest BCUT2D eigenvalue weighted by molar-refractivity contribution is 6.06. The summed E-state index contributed by atoms with van der Waals surface area (Å²) >= 11 is 0. The van der Waals surface area contributed by atoms with E-state index in [1.165, 1.54) is 4.90 Å². The molecule has 2 bridgehead atoms. The number of halogens is 1. The Kier molecular flexibility index (Phi) is 4.39. The summed E-state index contributed by atoms with van der Waals surface area (Å²) in [4.78, 5) is 37.3. The van der Waals surface area contributed by atoms with Crippen LogP contribution in [0, 0.1) is 23.7 Å². The largest absolute Gasteiger partial charge is 0.353 e. The molecule has 21 heavy (non-hydrogen) atoms. The SMILES string of the molecule is C[C@@H](N)C(=O)NCCN1C(=O)C2C3C=CC(C3)C2C1=O.Cl. The van der Waals surface area contributed by atoms with E-state index in [0.29, 0.717) is 0 Å². The molecule has 0 aromatic carbocycles. The second-order valence-corrected chi connectivity index (χ2v) is 5.91. The third-order valence-corrected chi connectivity index (χ3v) is 4.61. The molecule has 3 amide bonds. The highest BCUT2D eigenvalue weighted by atomic mass is 35.5. The second-order valence-electron chi connectivity index (χ2n) is 5.91. The Labute approximate surface area is 129 Å². The molecule has 3 rings (SSSR count). The number of imide groups is 1. The normalized spacial score (nSPS) is 33.9. The predicted molar refractivity (Wildman–Crippen MR) is 78.3 cm³/mol. The predicted octanol–water partition coefficient (Wildman–Crippen LogP) is -0.321. The summed E-state index contributed by atoms with van der Waals surface area (Å²) in [6.07, 6.45) is 5.07. The first-order chi connectivity index (χ1) is 9.50. The van der Waals surface area contributed by atoms with Crippen LogP contribution in [0.4, 0.5) is 0 Å². The van der Waals surface area contributed by atoms with Crippen molar-refractivity contribution in [3.63, 3.8) is 0 Å². The van der Waals surface area contributed by atoms with Gasteiger partial charge in [0.15, 0.2) is 0 Å². The Morgan fingerprint density at radius 2 is 1.86 bits per heavy atom. The van der Waals surface area contributed by atoms with Crippen molar-refractivity contribution >= 4 is 30.1 Å². The molecule has 2 fully saturated rings. The monoisotopic (exact) mass is 313 g/mol. The van der Waals surface area contributed by atoms with Gasteiger partial charge in [-0.05, 0) is 25.2 Å². The fourth-order valence-corrected chi connectivity index (χ4v) is 3.64. The fourth-order valence-electron chi connectivity index (χ4n) is 3.64. The molecule has 3 N–H and O–H groups in total. The van der Waals surface area contributed by atoms with E-state index < -0.39 is 6.04 Å². The molecule has 1 aliphatic heterocycles. The Morgan fingerprint density at radius 1 is 1.33 bits per heavy atom. The number of nitrogens with zero attached hydrogens (tertiary/aromatic N) is 1. The maximum atomic E-state index is 12.3. The van der Waals surface area contributed by atoms with Gasteiger partial charge in [0.2, 0.25) is 17.7 Å². The Morgan fingerprint density at radius 3 is 2.33 bits per heavy atom. The number of nitrogens with one attached hydrogen (secondary N) is 1. The van der Waals surface area contributed by atoms with Crippen molar-refractivity contribution in [3.05, 3.63) is 12.2 Å². The number of hydrogen-bond donors (Lipinski definition) is 2. The van der Waals surface area contributed by atoms with Crippen molar-refractivity contribution in [2.45, 2.75) is 19.4 Å². The molecule has 7 heteroatoms. The Bertz CT molecular complexity index is 476. The number of amides is 3. The molecule has 0 aromatic heterocycles. The first-order valence-electron chi connectivity index (χ1n) is 7.07. The summed E-state index contributed by atoms with van der Waals surface area (Å²) in [5.74, 6) is -0.303. The molecule has 1 saturated carbocycles. The smallest absolute Gasteiger partial charge is 0.236 e. The standard InChI is InChI=1S/C14H19N3O3.ClH/c1-7(15)12(18)16-4-5-17-13(19)10-8-2-3-9(6-8)11(10)14(17)20;/h2-3,7-11H,4-6,15H2,1H3,(H,16,18);1H/t7-,8?,9?,10?,11?;/m1./s1. The topological polar surface area (TPSA) is 92.5 Å². The summed E-state index contributed by atoms with van der Waals surface area (Å²) in [7, 11) is 0. The molecule has 0 radical (unpaired) electrons. The van der Waals surface area contributed by atoms with Gasteiger partial charge in [-0.25, -0.2) is 0 Å². The summed E-state index contributed by atoms with van der Waals surface area (Å²) in [6.45, 7) is 2.10. The number of rotatable bonds is 4. The van der Waals surface area contributed by atoms with E-state index in [2.05, 4.69) is 17.5 Å². The fraction of sp³-hybridized carbons (Fsp3) is 0.643. The van der Waals surface area contributed by atoms with Crippen molar-refractivity contribution in [2.24, 2.45) is 29.4 Å². The third kappa shape index (κ3) is 2.46. The van der Waals surface area contributed by atoms with Crippen molar-refractivity contribution in [1.82, 2.24) is 10.2 Å². The van der Waals surface area contributed by atoms with Gasteiger partial charge in [-0.3, -0.25) is 19.3 Å². The molecule has 2 aliphatic carbocycles. The number of carbonyl (C=O) groups is 3. The summed E-state index contributed by atoms with van der Waals surface area (Å²) < 4.78 is 0. The Hall–Kier alpha value is -1.40. The minimum Gasteiger partial charge on any atom is -0.353 e. The van der Waals surface area contributed by atoms with E-state index in [1.807, 2.05) is 0 Å². The number of fused-ring (bicyclic) bond motifs is 5. The maximum absolute atomic E-state index is 12.3. The van der Waals surface area contributed by atoms with Crippen LogP contribution < -0.4 is 11.1 Å². The average molecular weight is 314 g/mol. The number of carbonyl (C=O) groups excluding carboxylic acids is 3. The van der Waals surface area contributed by atoms with E-state index >= 15 is 0 Å². The van der Waals surface area contributed by atoms with Gasteiger partial charge in [-0.2, -0.15) is 0 Å². The summed E-state index contributed by atoms with van der Waals surface area (Å²) in [5.41, 5.74) is 5.44. The minimum atomic E-state index is -0.584. The lowest BCUT2D eigenvalue weighted by Crippen LogP contribution is -2.44. The zero-order chi connectivity index (χ0) is 14.4. The van der Waals surface area contributed by atoms with Crippen molar-refractivity contribution in [3.8, 4) is 0 Å². The van der Waals surface area contributed by atoms with Gasteiger partial charge in [-0.1, -0.05) is 12.2 Å². The van der Waals surface area contributed by atoms with Gasteiger partial charge >= 0.3 is 0 Å². The zero-order valence-electron chi connectivity index (χ0n) is 11.8. The van der Waals surface area contributed by atoms with Crippen LogP contribution in [0.25, 0.3) is 0 Å². The van der Waals surface area contributed by atoms with Gasteiger partial charge < -0.3 is 11.1 Å².